The molecule has 1 aliphatic heterocycles. The lowest BCUT2D eigenvalue weighted by molar-refractivity contribution is 0.112. The quantitative estimate of drug-likeness (QED) is 0.402. The van der Waals surface area contributed by atoms with Gasteiger partial charge in [-0.05, 0) is 43.4 Å². The Balaban J connectivity index is 1.13. The van der Waals surface area contributed by atoms with Gasteiger partial charge in [-0.25, -0.2) is 0 Å². The summed E-state index contributed by atoms with van der Waals surface area (Å²) in [5.41, 5.74) is 2.07. The van der Waals surface area contributed by atoms with Gasteiger partial charge in [-0.2, -0.15) is 0 Å². The number of likely N-dealkylation sites (tertiary alicyclic amines) is 1. The van der Waals surface area contributed by atoms with Crippen molar-refractivity contribution in [1.29, 1.82) is 0 Å². The first-order chi connectivity index (χ1) is 16.2. The second kappa shape index (κ2) is 9.82. The van der Waals surface area contributed by atoms with Gasteiger partial charge < -0.3 is 19.3 Å². The molecule has 170 valence electrons. The molecule has 1 N–H and O–H groups in total. The molecule has 0 aliphatic carbocycles. The summed E-state index contributed by atoms with van der Waals surface area (Å²) >= 11 is 1.65. The number of carbonyl (C=O) groups excluding carboxylic acids is 1. The molecule has 4 heterocycles. The van der Waals surface area contributed by atoms with Crippen molar-refractivity contribution in [3.8, 4) is 10.6 Å². The molecule has 0 unspecified atom stereocenters. The number of aldehydes is 1. The fourth-order valence-corrected chi connectivity index (χ4v) is 5.14. The predicted molar refractivity (Wildman–Crippen MR) is 130 cm³/mol. The fraction of sp³-hybridized carbons (Fsp3) is 0.320. The van der Waals surface area contributed by atoms with Crippen LogP contribution in [-0.4, -0.2) is 46.6 Å². The van der Waals surface area contributed by atoms with Crippen molar-refractivity contribution in [2.75, 3.05) is 19.6 Å². The van der Waals surface area contributed by atoms with Crippen molar-refractivity contribution >= 4 is 28.5 Å². The van der Waals surface area contributed by atoms with E-state index in [-0.39, 0.29) is 5.56 Å². The normalized spacial score (nSPS) is 15.3. The number of hydrogen-bond acceptors (Lipinski definition) is 7. The maximum atomic E-state index is 12.6. The summed E-state index contributed by atoms with van der Waals surface area (Å²) in [5.74, 6) is 0.820. The predicted octanol–water partition coefficient (Wildman–Crippen LogP) is 3.78. The van der Waals surface area contributed by atoms with Crippen molar-refractivity contribution in [3.05, 3.63) is 75.5 Å². The van der Waals surface area contributed by atoms with Gasteiger partial charge in [0.15, 0.2) is 12.0 Å². The number of aromatic nitrogens is 2. The number of pyridine rings is 1. The zero-order chi connectivity index (χ0) is 22.6. The third-order valence-corrected chi connectivity index (χ3v) is 7.18. The van der Waals surface area contributed by atoms with Gasteiger partial charge in [0.05, 0.1) is 16.1 Å². The van der Waals surface area contributed by atoms with Gasteiger partial charge in [0.25, 0.3) is 5.56 Å². The molecule has 1 saturated heterocycles. The first-order valence-corrected chi connectivity index (χ1v) is 12.1. The van der Waals surface area contributed by atoms with Crippen molar-refractivity contribution in [1.82, 2.24) is 19.9 Å². The number of thiophene rings is 1. The minimum absolute atomic E-state index is 0.123. The van der Waals surface area contributed by atoms with E-state index >= 15 is 0 Å². The molecule has 1 fully saturated rings. The molecule has 8 heteroatoms. The van der Waals surface area contributed by atoms with Gasteiger partial charge in [-0.3, -0.25) is 9.59 Å². The molecule has 0 radical (unpaired) electrons. The Morgan fingerprint density at radius 2 is 1.97 bits per heavy atom. The molecular weight excluding hydrogens is 436 g/mol. The van der Waals surface area contributed by atoms with Crippen LogP contribution in [0.2, 0.25) is 0 Å². The summed E-state index contributed by atoms with van der Waals surface area (Å²) in [7, 11) is 0. The second-order valence-corrected chi connectivity index (χ2v) is 9.33. The van der Waals surface area contributed by atoms with E-state index in [0.29, 0.717) is 24.7 Å². The lowest BCUT2D eigenvalue weighted by Crippen LogP contribution is -2.43. The van der Waals surface area contributed by atoms with E-state index in [4.69, 9.17) is 4.52 Å². The summed E-state index contributed by atoms with van der Waals surface area (Å²) in [6, 6.07) is 15.5. The molecule has 0 amide bonds. The average Bonchev–Trinajstić information content (AvgIpc) is 3.55. The number of carbonyl (C=O) groups is 1. The Kier molecular flexibility index (Phi) is 6.48. The highest BCUT2D eigenvalue weighted by Gasteiger charge is 2.20. The first-order valence-electron chi connectivity index (χ1n) is 11.2. The number of nitrogens with one attached hydrogen (secondary N) is 1. The minimum Gasteiger partial charge on any atom is -0.355 e. The molecule has 0 atom stereocenters. The fourth-order valence-electron chi connectivity index (χ4n) is 4.47. The maximum absolute atomic E-state index is 12.6. The maximum Gasteiger partial charge on any atom is 0.251 e. The van der Waals surface area contributed by atoms with Gasteiger partial charge in [0, 0.05) is 48.8 Å². The van der Waals surface area contributed by atoms with Crippen LogP contribution in [-0.2, 0) is 13.1 Å². The monoisotopic (exact) mass is 462 g/mol. The van der Waals surface area contributed by atoms with Gasteiger partial charge in [0.1, 0.15) is 0 Å². The van der Waals surface area contributed by atoms with Crippen molar-refractivity contribution in [2.24, 2.45) is 0 Å². The molecule has 0 spiro atoms. The summed E-state index contributed by atoms with van der Waals surface area (Å²) in [5, 5.41) is 10.6. The number of benzene rings is 1. The highest BCUT2D eigenvalue weighted by atomic mass is 32.1. The van der Waals surface area contributed by atoms with E-state index in [2.05, 4.69) is 15.4 Å². The zero-order valence-electron chi connectivity index (χ0n) is 18.3. The lowest BCUT2D eigenvalue weighted by Gasteiger charge is -2.32. The van der Waals surface area contributed by atoms with Gasteiger partial charge in [-0.15, -0.1) is 11.3 Å². The Morgan fingerprint density at radius 1 is 1.12 bits per heavy atom. The third-order valence-electron chi connectivity index (χ3n) is 6.30. The molecule has 7 nitrogen and oxygen atoms in total. The summed E-state index contributed by atoms with van der Waals surface area (Å²) in [4.78, 5) is 27.4. The molecule has 33 heavy (non-hydrogen) atoms. The molecule has 0 saturated carbocycles. The van der Waals surface area contributed by atoms with E-state index in [0.717, 1.165) is 66.0 Å². The topological polar surface area (TPSA) is 80.4 Å². The lowest BCUT2D eigenvalue weighted by atomic mass is 10.0. The number of hydrogen-bond donors (Lipinski definition) is 1. The highest BCUT2D eigenvalue weighted by molar-refractivity contribution is 7.13. The van der Waals surface area contributed by atoms with Crippen molar-refractivity contribution < 1.29 is 9.32 Å². The minimum atomic E-state index is -0.123. The molecule has 5 rings (SSSR count). The Bertz CT molecular complexity index is 1290. The van der Waals surface area contributed by atoms with Crippen LogP contribution in [0.3, 0.4) is 0 Å². The Hall–Kier alpha value is -3.07. The standard InChI is InChI=1S/C25H26N4O3S/c30-17-18-14-25(31)29(22-5-2-1-4-21(18)22)12-11-28-9-7-19(8-10-28)26-16-20-15-23(32-27-20)24-6-3-13-33-24/h1-6,13-15,17,19,26H,7-12,16H2. The third kappa shape index (κ3) is 4.83. The molecule has 0 bridgehead atoms. The van der Waals surface area contributed by atoms with Crippen molar-refractivity contribution in [2.45, 2.75) is 32.0 Å². The van der Waals surface area contributed by atoms with Crippen LogP contribution in [0.5, 0.6) is 0 Å². The second-order valence-electron chi connectivity index (χ2n) is 8.38. The van der Waals surface area contributed by atoms with Gasteiger partial charge in [-0.1, -0.05) is 29.4 Å². The zero-order valence-corrected chi connectivity index (χ0v) is 19.1. The van der Waals surface area contributed by atoms with Crippen LogP contribution >= 0.6 is 11.3 Å². The van der Waals surface area contributed by atoms with E-state index in [1.807, 2.05) is 47.8 Å². The Morgan fingerprint density at radius 3 is 2.76 bits per heavy atom. The summed E-state index contributed by atoms with van der Waals surface area (Å²) < 4.78 is 7.24. The number of piperidine rings is 1. The molecule has 3 aromatic heterocycles. The van der Waals surface area contributed by atoms with Gasteiger partial charge in [0.2, 0.25) is 0 Å². The highest BCUT2D eigenvalue weighted by Crippen LogP contribution is 2.25. The van der Waals surface area contributed by atoms with Crippen LogP contribution in [0.25, 0.3) is 21.5 Å². The van der Waals surface area contributed by atoms with Crippen LogP contribution in [0.1, 0.15) is 28.9 Å². The SMILES string of the molecule is O=Cc1cc(=O)n(CCN2CCC(NCc3cc(-c4cccs4)on3)CC2)c2ccccc12. The average molecular weight is 463 g/mol. The number of fused-ring (bicyclic) bond motifs is 1. The number of para-hydroxylation sites is 1. The van der Waals surface area contributed by atoms with Crippen LogP contribution in [0.15, 0.2) is 63.2 Å². The number of nitrogens with zero attached hydrogens (tertiary/aromatic N) is 3. The Labute approximate surface area is 195 Å². The van der Waals surface area contributed by atoms with E-state index in [1.54, 1.807) is 15.9 Å². The van der Waals surface area contributed by atoms with Crippen LogP contribution in [0.4, 0.5) is 0 Å². The van der Waals surface area contributed by atoms with Crippen LogP contribution < -0.4 is 10.9 Å². The van der Waals surface area contributed by atoms with E-state index in [1.165, 1.54) is 6.07 Å². The molecule has 1 aliphatic rings. The number of rotatable bonds is 8. The summed E-state index contributed by atoms with van der Waals surface area (Å²) in [6.45, 7) is 4.08. The van der Waals surface area contributed by atoms with E-state index in [9.17, 15) is 9.59 Å². The summed E-state index contributed by atoms with van der Waals surface area (Å²) in [6.07, 6.45) is 2.86. The van der Waals surface area contributed by atoms with E-state index < -0.39 is 0 Å². The van der Waals surface area contributed by atoms with Crippen LogP contribution in [0, 0.1) is 0 Å². The molecular formula is C25H26N4O3S. The smallest absolute Gasteiger partial charge is 0.251 e. The largest absolute Gasteiger partial charge is 0.355 e. The molecule has 1 aromatic carbocycles. The molecule has 4 aromatic rings. The first kappa shape index (κ1) is 21.8. The van der Waals surface area contributed by atoms with Crippen molar-refractivity contribution in [3.63, 3.8) is 0 Å². The van der Waals surface area contributed by atoms with Gasteiger partial charge >= 0.3 is 0 Å².